The summed E-state index contributed by atoms with van der Waals surface area (Å²) in [7, 11) is 1.48. The smallest absolute Gasteiger partial charge is 0.276 e. The summed E-state index contributed by atoms with van der Waals surface area (Å²) in [6.45, 7) is 2.39. The van der Waals surface area contributed by atoms with Crippen LogP contribution in [0, 0.1) is 3.57 Å². The highest BCUT2D eigenvalue weighted by molar-refractivity contribution is 14.1. The molecule has 1 amide bonds. The number of nitrogens with zero attached hydrogens (tertiary/aromatic N) is 1. The molecule has 106 valence electrons. The number of rotatable bonds is 3. The molecule has 0 radical (unpaired) electrons. The van der Waals surface area contributed by atoms with Gasteiger partial charge in [-0.15, -0.1) is 0 Å². The molecule has 1 aromatic rings. The summed E-state index contributed by atoms with van der Waals surface area (Å²) in [6.07, 6.45) is 1.69. The highest BCUT2D eigenvalue weighted by Gasteiger charge is 2.29. The molecule has 7 heteroatoms. The number of aromatic hydroxyl groups is 1. The van der Waals surface area contributed by atoms with Gasteiger partial charge in [-0.25, -0.2) is 0 Å². The summed E-state index contributed by atoms with van der Waals surface area (Å²) >= 11 is 7.10. The molecule has 0 bridgehead atoms. The number of likely N-dealkylation sites (N-methyl/N-ethyl adjacent to an activating group) is 1. The van der Waals surface area contributed by atoms with Gasteiger partial charge in [-0.3, -0.25) is 9.69 Å². The minimum Gasteiger partial charge on any atom is -0.504 e. The van der Waals surface area contributed by atoms with Gasteiger partial charge in [-0.2, -0.15) is 0 Å². The van der Waals surface area contributed by atoms with Crippen molar-refractivity contribution in [2.45, 2.75) is 6.92 Å². The number of halogens is 1. The van der Waals surface area contributed by atoms with Crippen molar-refractivity contribution in [3.8, 4) is 11.5 Å². The number of benzene rings is 1. The third-order valence-corrected chi connectivity index (χ3v) is 4.00. The number of ether oxygens (including phenoxy) is 1. The van der Waals surface area contributed by atoms with E-state index in [9.17, 15) is 9.90 Å². The van der Waals surface area contributed by atoms with Crippen LogP contribution in [0.1, 0.15) is 12.5 Å². The van der Waals surface area contributed by atoms with Crippen molar-refractivity contribution in [2.24, 2.45) is 0 Å². The number of phenolic OH excluding ortho intramolecular Hbond substituents is 1. The summed E-state index contributed by atoms with van der Waals surface area (Å²) in [5.74, 6) is 0.301. The fraction of sp³-hybridized carbons (Fsp3) is 0.231. The molecule has 2 N–H and O–H groups in total. The van der Waals surface area contributed by atoms with Gasteiger partial charge in [0.25, 0.3) is 5.91 Å². The van der Waals surface area contributed by atoms with Crippen LogP contribution in [0.3, 0.4) is 0 Å². The summed E-state index contributed by atoms with van der Waals surface area (Å²) in [5.41, 5.74) is 1.17. The predicted octanol–water partition coefficient (Wildman–Crippen LogP) is 2.08. The van der Waals surface area contributed by atoms with Crippen LogP contribution < -0.4 is 10.1 Å². The van der Waals surface area contributed by atoms with E-state index >= 15 is 0 Å². The summed E-state index contributed by atoms with van der Waals surface area (Å²) in [5, 5.41) is 13.1. The van der Waals surface area contributed by atoms with E-state index in [0.717, 1.165) is 5.56 Å². The Morgan fingerprint density at radius 2 is 2.25 bits per heavy atom. The molecule has 1 aliphatic heterocycles. The van der Waals surface area contributed by atoms with Gasteiger partial charge < -0.3 is 15.2 Å². The van der Waals surface area contributed by atoms with E-state index in [1.165, 1.54) is 12.0 Å². The van der Waals surface area contributed by atoms with E-state index in [-0.39, 0.29) is 11.7 Å². The van der Waals surface area contributed by atoms with Crippen LogP contribution in [-0.4, -0.2) is 34.7 Å². The molecule has 0 spiro atoms. The third-order valence-electron chi connectivity index (χ3n) is 2.86. The molecule has 5 nitrogen and oxygen atoms in total. The van der Waals surface area contributed by atoms with Crippen molar-refractivity contribution in [1.29, 1.82) is 0 Å². The van der Waals surface area contributed by atoms with Crippen LogP contribution in [0.15, 0.2) is 17.8 Å². The average molecular weight is 404 g/mol. The van der Waals surface area contributed by atoms with Crippen LogP contribution in [0.4, 0.5) is 0 Å². The van der Waals surface area contributed by atoms with Gasteiger partial charge in [0.05, 0.1) is 10.7 Å². The summed E-state index contributed by atoms with van der Waals surface area (Å²) in [6, 6.07) is 3.43. The van der Waals surface area contributed by atoms with Crippen molar-refractivity contribution in [2.75, 3.05) is 13.7 Å². The fourth-order valence-corrected chi connectivity index (χ4v) is 2.81. The fourth-order valence-electron chi connectivity index (χ4n) is 1.86. The first-order valence-corrected chi connectivity index (χ1v) is 7.37. The maximum atomic E-state index is 12.1. The highest BCUT2D eigenvalue weighted by atomic mass is 127. The maximum absolute atomic E-state index is 12.1. The number of hydrogen-bond donors (Lipinski definition) is 2. The van der Waals surface area contributed by atoms with Crippen LogP contribution in [0.5, 0.6) is 11.5 Å². The van der Waals surface area contributed by atoms with Gasteiger partial charge in [-0.1, -0.05) is 0 Å². The first-order valence-electron chi connectivity index (χ1n) is 5.89. The Hall–Kier alpha value is -1.35. The van der Waals surface area contributed by atoms with Gasteiger partial charge >= 0.3 is 0 Å². The quantitative estimate of drug-likeness (QED) is 0.459. The summed E-state index contributed by atoms with van der Waals surface area (Å²) in [4.78, 5) is 13.6. The molecular formula is C13H13IN2O3S. The number of thiocarbonyl (C=S) groups is 1. The lowest BCUT2D eigenvalue weighted by Crippen LogP contribution is -2.30. The second-order valence-electron chi connectivity index (χ2n) is 4.09. The molecule has 0 saturated carbocycles. The lowest BCUT2D eigenvalue weighted by Gasteiger charge is -2.09. The standard InChI is InChI=1S/C13H13IN2O3S/c1-3-16-12(18)9(15-13(16)20)5-7-4-8(14)11(17)10(6-7)19-2/h4-6,17H,3H2,1-2H3,(H,15,20)/b9-5-. The number of hydrogen-bond acceptors (Lipinski definition) is 4. The molecule has 1 aromatic carbocycles. The second-order valence-corrected chi connectivity index (χ2v) is 5.64. The molecule has 1 aliphatic rings. The van der Waals surface area contributed by atoms with Gasteiger partial charge in [0.15, 0.2) is 16.6 Å². The number of methoxy groups -OCH3 is 1. The van der Waals surface area contributed by atoms with E-state index < -0.39 is 0 Å². The second kappa shape index (κ2) is 5.96. The molecule has 0 aromatic heterocycles. The van der Waals surface area contributed by atoms with E-state index in [4.69, 9.17) is 17.0 Å². The highest BCUT2D eigenvalue weighted by Crippen LogP contribution is 2.33. The number of carbonyl (C=O) groups excluding carboxylic acids is 1. The zero-order chi connectivity index (χ0) is 14.9. The van der Waals surface area contributed by atoms with Crippen LogP contribution in [-0.2, 0) is 4.79 Å². The molecule has 1 heterocycles. The first-order chi connectivity index (χ1) is 9.47. The monoisotopic (exact) mass is 404 g/mol. The van der Waals surface area contributed by atoms with Gasteiger partial charge in [0, 0.05) is 6.54 Å². The predicted molar refractivity (Wildman–Crippen MR) is 88.5 cm³/mol. The van der Waals surface area contributed by atoms with E-state index in [2.05, 4.69) is 5.32 Å². The van der Waals surface area contributed by atoms with Crippen molar-refractivity contribution in [3.63, 3.8) is 0 Å². The zero-order valence-corrected chi connectivity index (χ0v) is 13.9. The Labute approximate surface area is 135 Å². The molecule has 20 heavy (non-hydrogen) atoms. The number of amides is 1. The molecule has 2 rings (SSSR count). The Balaban J connectivity index is 2.39. The molecule has 0 aliphatic carbocycles. The minimum absolute atomic E-state index is 0.0895. The largest absolute Gasteiger partial charge is 0.504 e. The zero-order valence-electron chi connectivity index (χ0n) is 10.9. The molecule has 0 atom stereocenters. The SMILES string of the molecule is CCN1C(=O)/C(=C/c2cc(I)c(O)c(OC)c2)NC1=S. The van der Waals surface area contributed by atoms with Gasteiger partial charge in [0.1, 0.15) is 5.70 Å². The van der Waals surface area contributed by atoms with Crippen LogP contribution >= 0.6 is 34.8 Å². The van der Waals surface area contributed by atoms with Gasteiger partial charge in [-0.05, 0) is 65.5 Å². The normalized spacial score (nSPS) is 16.8. The Bertz CT molecular complexity index is 616. The minimum atomic E-state index is -0.153. The molecule has 1 saturated heterocycles. The topological polar surface area (TPSA) is 61.8 Å². The van der Waals surface area contributed by atoms with E-state index in [1.54, 1.807) is 18.2 Å². The first kappa shape index (κ1) is 15.0. The molecular weight excluding hydrogens is 391 g/mol. The third kappa shape index (κ3) is 2.73. The summed E-state index contributed by atoms with van der Waals surface area (Å²) < 4.78 is 5.74. The van der Waals surface area contributed by atoms with Gasteiger partial charge in [0.2, 0.25) is 0 Å². The van der Waals surface area contributed by atoms with Crippen molar-refractivity contribution < 1.29 is 14.6 Å². The van der Waals surface area contributed by atoms with Crippen molar-refractivity contribution in [3.05, 3.63) is 27.0 Å². The van der Waals surface area contributed by atoms with Crippen molar-refractivity contribution in [1.82, 2.24) is 10.2 Å². The van der Waals surface area contributed by atoms with E-state index in [1.807, 2.05) is 29.5 Å². The Kier molecular flexibility index (Phi) is 4.48. The molecule has 0 unspecified atom stereocenters. The molecule has 1 fully saturated rings. The van der Waals surface area contributed by atoms with Crippen LogP contribution in [0.25, 0.3) is 6.08 Å². The van der Waals surface area contributed by atoms with Crippen LogP contribution in [0.2, 0.25) is 0 Å². The lowest BCUT2D eigenvalue weighted by atomic mass is 10.1. The van der Waals surface area contributed by atoms with Crippen molar-refractivity contribution >= 4 is 51.9 Å². The number of nitrogens with one attached hydrogen (secondary N) is 1. The van der Waals surface area contributed by atoms with E-state index in [0.29, 0.717) is 26.7 Å². The number of carbonyl (C=O) groups is 1. The average Bonchev–Trinajstić information content (AvgIpc) is 2.68. The Morgan fingerprint density at radius 1 is 1.55 bits per heavy atom. The lowest BCUT2D eigenvalue weighted by molar-refractivity contribution is -0.122. The Morgan fingerprint density at radius 3 is 2.80 bits per heavy atom. The number of phenols is 1. The maximum Gasteiger partial charge on any atom is 0.276 e.